The van der Waals surface area contributed by atoms with E-state index in [1.807, 2.05) is 24.3 Å². The van der Waals surface area contributed by atoms with Crippen molar-refractivity contribution in [2.75, 3.05) is 26.2 Å². The summed E-state index contributed by atoms with van der Waals surface area (Å²) in [5.74, 6) is 0.600. The van der Waals surface area contributed by atoms with Crippen LogP contribution in [0.4, 0.5) is 0 Å². The second kappa shape index (κ2) is 8.50. The van der Waals surface area contributed by atoms with Gasteiger partial charge in [-0.25, -0.2) is 13.4 Å². The fraction of sp³-hybridized carbons (Fsp3) is 0.391. The number of piperidine rings is 1. The van der Waals surface area contributed by atoms with Crippen LogP contribution in [0.5, 0.6) is 0 Å². The van der Waals surface area contributed by atoms with Crippen LogP contribution in [0.3, 0.4) is 0 Å². The highest BCUT2D eigenvalue weighted by Gasteiger charge is 2.31. The number of amides is 1. The molecule has 0 bridgehead atoms. The molecule has 0 N–H and O–H groups in total. The third-order valence-electron chi connectivity index (χ3n) is 6.31. The summed E-state index contributed by atoms with van der Waals surface area (Å²) >= 11 is 6.31. The number of benzene rings is 2. The number of fused-ring (bicyclic) bond motifs is 1. The quantitative estimate of drug-likeness (QED) is 0.564. The summed E-state index contributed by atoms with van der Waals surface area (Å²) < 4.78 is 33.2. The molecule has 0 unspecified atom stereocenters. The van der Waals surface area contributed by atoms with Crippen molar-refractivity contribution in [2.45, 2.75) is 36.5 Å². The van der Waals surface area contributed by atoms with Crippen LogP contribution in [0, 0.1) is 0 Å². The minimum atomic E-state index is -3.62. The smallest absolute Gasteiger partial charge is 0.255 e. The maximum atomic E-state index is 13.2. The van der Waals surface area contributed by atoms with Crippen LogP contribution in [0.25, 0.3) is 11.1 Å². The molecule has 0 aliphatic carbocycles. The first kappa shape index (κ1) is 21.4. The number of carbonyl (C=O) groups is 1. The normalized spacial score (nSPS) is 18.5. The zero-order valence-corrected chi connectivity index (χ0v) is 19.1. The van der Waals surface area contributed by atoms with Gasteiger partial charge >= 0.3 is 0 Å². The molecule has 2 fully saturated rings. The molecule has 1 amide bonds. The van der Waals surface area contributed by atoms with Crippen molar-refractivity contribution < 1.29 is 17.6 Å². The van der Waals surface area contributed by atoms with Crippen LogP contribution < -0.4 is 0 Å². The van der Waals surface area contributed by atoms with E-state index in [4.69, 9.17) is 16.0 Å². The van der Waals surface area contributed by atoms with Gasteiger partial charge in [0.05, 0.1) is 15.5 Å². The third kappa shape index (κ3) is 3.91. The van der Waals surface area contributed by atoms with Gasteiger partial charge in [-0.2, -0.15) is 4.31 Å². The molecule has 168 valence electrons. The number of halogens is 1. The van der Waals surface area contributed by atoms with E-state index in [2.05, 4.69) is 4.98 Å². The number of sulfonamides is 1. The first-order chi connectivity index (χ1) is 15.4. The predicted molar refractivity (Wildman–Crippen MR) is 121 cm³/mol. The molecule has 3 aromatic rings. The average Bonchev–Trinajstić information content (AvgIpc) is 3.49. The number of nitrogens with zero attached hydrogens (tertiary/aromatic N) is 3. The summed E-state index contributed by atoms with van der Waals surface area (Å²) in [7, 11) is -3.62. The van der Waals surface area contributed by atoms with Gasteiger partial charge in [0.1, 0.15) is 5.52 Å². The maximum absolute atomic E-state index is 13.2. The Kier molecular flexibility index (Phi) is 5.69. The fourth-order valence-corrected chi connectivity index (χ4v) is 6.21. The summed E-state index contributed by atoms with van der Waals surface area (Å²) in [4.78, 5) is 19.6. The van der Waals surface area contributed by atoms with Crippen molar-refractivity contribution >= 4 is 38.6 Å². The van der Waals surface area contributed by atoms with Crippen LogP contribution in [-0.2, 0) is 10.0 Å². The molecule has 5 rings (SSSR count). The molecular weight excluding hydrogens is 450 g/mol. The monoisotopic (exact) mass is 473 g/mol. The van der Waals surface area contributed by atoms with E-state index < -0.39 is 10.0 Å². The summed E-state index contributed by atoms with van der Waals surface area (Å²) in [6.07, 6.45) is 3.16. The molecule has 2 aliphatic heterocycles. The van der Waals surface area contributed by atoms with Crippen LogP contribution in [0.2, 0.25) is 5.02 Å². The number of rotatable bonds is 4. The van der Waals surface area contributed by atoms with Crippen molar-refractivity contribution in [1.29, 1.82) is 0 Å². The Bertz CT molecular complexity index is 1230. The van der Waals surface area contributed by atoms with Crippen molar-refractivity contribution in [1.82, 2.24) is 14.2 Å². The van der Waals surface area contributed by atoms with Gasteiger partial charge in [-0.15, -0.1) is 0 Å². The Labute approximate surface area is 192 Å². The van der Waals surface area contributed by atoms with Crippen LogP contribution in [-0.4, -0.2) is 54.7 Å². The number of hydrogen-bond acceptors (Lipinski definition) is 5. The van der Waals surface area contributed by atoms with Crippen LogP contribution in [0.1, 0.15) is 47.8 Å². The summed E-state index contributed by atoms with van der Waals surface area (Å²) in [6, 6.07) is 12.1. The molecule has 3 heterocycles. The summed E-state index contributed by atoms with van der Waals surface area (Å²) in [5.41, 5.74) is 1.83. The van der Waals surface area contributed by atoms with Crippen molar-refractivity contribution in [3.8, 4) is 0 Å². The molecule has 0 saturated carbocycles. The van der Waals surface area contributed by atoms with E-state index in [1.54, 1.807) is 4.90 Å². The Hall–Kier alpha value is -2.42. The van der Waals surface area contributed by atoms with Gasteiger partial charge in [-0.3, -0.25) is 4.79 Å². The van der Waals surface area contributed by atoms with E-state index in [0.717, 1.165) is 36.8 Å². The average molecular weight is 474 g/mol. The van der Waals surface area contributed by atoms with Gasteiger partial charge in [-0.05, 0) is 56.0 Å². The number of likely N-dealkylation sites (tertiary alicyclic amines) is 1. The first-order valence-corrected chi connectivity index (χ1v) is 12.7. The Morgan fingerprint density at radius 3 is 2.47 bits per heavy atom. The maximum Gasteiger partial charge on any atom is 0.255 e. The van der Waals surface area contributed by atoms with Gasteiger partial charge in [0.2, 0.25) is 10.0 Å². The van der Waals surface area contributed by atoms with Gasteiger partial charge in [0, 0.05) is 32.1 Å². The third-order valence-corrected chi connectivity index (χ3v) is 8.54. The lowest BCUT2D eigenvalue weighted by Gasteiger charge is -2.31. The number of carbonyl (C=O) groups excluding carboxylic acids is 1. The molecular formula is C23H24ClN3O4S. The van der Waals surface area contributed by atoms with Crippen molar-refractivity contribution in [2.24, 2.45) is 0 Å². The van der Waals surface area contributed by atoms with Crippen molar-refractivity contribution in [3.63, 3.8) is 0 Å². The lowest BCUT2D eigenvalue weighted by atomic mass is 9.96. The van der Waals surface area contributed by atoms with E-state index in [0.29, 0.717) is 32.1 Å². The standard InChI is InChI=1S/C23H24ClN3O4S/c24-19-8-7-17(32(29,30)27-11-3-4-12-27)15-18(19)23(28)26-13-9-16(10-14-26)22-25-20-5-1-2-6-21(20)31-22/h1-2,5-8,15-16H,3-4,9-14H2. The van der Waals surface area contributed by atoms with Gasteiger partial charge in [-0.1, -0.05) is 23.7 Å². The van der Waals surface area contributed by atoms with Crippen LogP contribution >= 0.6 is 11.6 Å². The van der Waals surface area contributed by atoms with E-state index >= 15 is 0 Å². The minimum Gasteiger partial charge on any atom is -0.440 e. The Morgan fingerprint density at radius 2 is 1.75 bits per heavy atom. The molecule has 1 aromatic heterocycles. The van der Waals surface area contributed by atoms with Crippen molar-refractivity contribution in [3.05, 3.63) is 58.9 Å². The van der Waals surface area contributed by atoms with Crippen LogP contribution in [0.15, 0.2) is 51.8 Å². The van der Waals surface area contributed by atoms with Gasteiger partial charge in [0.15, 0.2) is 11.5 Å². The zero-order chi connectivity index (χ0) is 22.3. The van der Waals surface area contributed by atoms with E-state index in [-0.39, 0.29) is 27.3 Å². The highest BCUT2D eigenvalue weighted by Crippen LogP contribution is 2.32. The van der Waals surface area contributed by atoms with E-state index in [9.17, 15) is 13.2 Å². The molecule has 0 atom stereocenters. The molecule has 7 nitrogen and oxygen atoms in total. The van der Waals surface area contributed by atoms with Gasteiger partial charge < -0.3 is 9.32 Å². The topological polar surface area (TPSA) is 83.7 Å². The predicted octanol–water partition coefficient (Wildman–Crippen LogP) is 4.29. The fourth-order valence-electron chi connectivity index (χ4n) is 4.47. The first-order valence-electron chi connectivity index (χ1n) is 10.9. The molecule has 9 heteroatoms. The molecule has 2 aliphatic rings. The Morgan fingerprint density at radius 1 is 1.03 bits per heavy atom. The lowest BCUT2D eigenvalue weighted by Crippen LogP contribution is -2.38. The second-order valence-corrected chi connectivity index (χ2v) is 10.7. The minimum absolute atomic E-state index is 0.119. The number of aromatic nitrogens is 1. The Balaban J connectivity index is 1.31. The molecule has 2 aromatic carbocycles. The number of hydrogen-bond donors (Lipinski definition) is 0. The highest BCUT2D eigenvalue weighted by atomic mass is 35.5. The largest absolute Gasteiger partial charge is 0.440 e. The lowest BCUT2D eigenvalue weighted by molar-refractivity contribution is 0.0706. The summed E-state index contributed by atoms with van der Waals surface area (Å²) in [5, 5.41) is 0.261. The van der Waals surface area contributed by atoms with E-state index in [1.165, 1.54) is 22.5 Å². The zero-order valence-electron chi connectivity index (χ0n) is 17.5. The molecule has 32 heavy (non-hydrogen) atoms. The SMILES string of the molecule is O=C(c1cc(S(=O)(=O)N2CCCC2)ccc1Cl)N1CCC(c2nc3ccccc3o2)CC1. The summed E-state index contributed by atoms with van der Waals surface area (Å²) in [6.45, 7) is 2.08. The second-order valence-electron chi connectivity index (χ2n) is 8.34. The van der Waals surface area contributed by atoms with Gasteiger partial charge in [0.25, 0.3) is 5.91 Å². The highest BCUT2D eigenvalue weighted by molar-refractivity contribution is 7.89. The molecule has 0 spiro atoms. The molecule has 2 saturated heterocycles. The number of oxazole rings is 1. The molecule has 0 radical (unpaired) electrons. The number of para-hydroxylation sites is 2.